The fourth-order valence-electron chi connectivity index (χ4n) is 1.25. The smallest absolute Gasteiger partial charge is 0.323 e. The van der Waals surface area contributed by atoms with Crippen LogP contribution in [0.4, 0.5) is 0 Å². The molecule has 0 fully saturated rings. The summed E-state index contributed by atoms with van der Waals surface area (Å²) < 4.78 is 8.86. The van der Waals surface area contributed by atoms with E-state index in [4.69, 9.17) is 0 Å². The van der Waals surface area contributed by atoms with Crippen LogP contribution in [0.3, 0.4) is 0 Å². The summed E-state index contributed by atoms with van der Waals surface area (Å²) in [5, 5.41) is 17.0. The quantitative estimate of drug-likeness (QED) is 0.558. The molecule has 1 atom stereocenters. The van der Waals surface area contributed by atoms with Gasteiger partial charge >= 0.3 is 11.9 Å². The van der Waals surface area contributed by atoms with Crippen LogP contribution < -0.4 is 0 Å². The van der Waals surface area contributed by atoms with Crippen molar-refractivity contribution in [1.82, 2.24) is 10.2 Å². The lowest BCUT2D eigenvalue weighted by atomic mass is 10.00. The predicted octanol–water partition coefficient (Wildman–Crippen LogP) is -0.528. The average Bonchev–Trinajstić information content (AvgIpc) is 2.39. The van der Waals surface area contributed by atoms with Crippen molar-refractivity contribution in [2.75, 3.05) is 14.2 Å². The van der Waals surface area contributed by atoms with Crippen molar-refractivity contribution in [1.29, 1.82) is 0 Å². The fraction of sp³-hybridized carbons (Fsp3) is 0.400. The lowest BCUT2D eigenvalue weighted by molar-refractivity contribution is -0.164. The molecular weight excluding hydrogens is 228 g/mol. The molecular formula is C10H12N2O5. The Balaban J connectivity index is 2.99. The van der Waals surface area contributed by atoms with Gasteiger partial charge in [-0.25, -0.2) is 0 Å². The lowest BCUT2D eigenvalue weighted by Gasteiger charge is -2.17. The van der Waals surface area contributed by atoms with Crippen molar-refractivity contribution < 1.29 is 24.2 Å². The molecule has 0 amide bonds. The molecule has 1 heterocycles. The Labute approximate surface area is 97.4 Å². The van der Waals surface area contributed by atoms with Crippen LogP contribution in [0.15, 0.2) is 18.3 Å². The first kappa shape index (κ1) is 13.0. The summed E-state index contributed by atoms with van der Waals surface area (Å²) in [5.74, 6) is -3.26. The summed E-state index contributed by atoms with van der Waals surface area (Å²) in [7, 11) is 2.23. The third-order valence-corrected chi connectivity index (χ3v) is 2.12. The van der Waals surface area contributed by atoms with Crippen molar-refractivity contribution in [2.24, 2.45) is 5.92 Å². The van der Waals surface area contributed by atoms with E-state index in [0.29, 0.717) is 0 Å². The molecule has 0 radical (unpaired) electrons. The Morgan fingerprint density at radius 3 is 2.29 bits per heavy atom. The number of aliphatic hydroxyl groups is 1. The molecule has 0 bridgehead atoms. The number of hydrogen-bond donors (Lipinski definition) is 1. The molecule has 92 valence electrons. The minimum Gasteiger partial charge on any atom is -0.468 e. The van der Waals surface area contributed by atoms with Crippen LogP contribution in [0.5, 0.6) is 0 Å². The van der Waals surface area contributed by atoms with E-state index in [-0.39, 0.29) is 5.69 Å². The van der Waals surface area contributed by atoms with Gasteiger partial charge in [0.2, 0.25) is 0 Å². The molecule has 0 aromatic carbocycles. The zero-order valence-electron chi connectivity index (χ0n) is 9.36. The van der Waals surface area contributed by atoms with E-state index >= 15 is 0 Å². The highest BCUT2D eigenvalue weighted by Gasteiger charge is 2.37. The second-order valence-electron chi connectivity index (χ2n) is 3.12. The number of methoxy groups -OCH3 is 2. The highest BCUT2D eigenvalue weighted by atomic mass is 16.5. The summed E-state index contributed by atoms with van der Waals surface area (Å²) in [6.07, 6.45) is -0.0507. The summed E-state index contributed by atoms with van der Waals surface area (Å²) in [6, 6.07) is 2.97. The molecule has 0 spiro atoms. The topological polar surface area (TPSA) is 98.6 Å². The van der Waals surface area contributed by atoms with Gasteiger partial charge in [-0.2, -0.15) is 10.2 Å². The third-order valence-electron chi connectivity index (χ3n) is 2.12. The summed E-state index contributed by atoms with van der Waals surface area (Å²) in [5.41, 5.74) is 0.0910. The van der Waals surface area contributed by atoms with Gasteiger partial charge in [0.25, 0.3) is 0 Å². The third kappa shape index (κ3) is 2.97. The largest absolute Gasteiger partial charge is 0.468 e. The molecule has 17 heavy (non-hydrogen) atoms. The first-order chi connectivity index (χ1) is 8.11. The molecule has 0 saturated heterocycles. The fourth-order valence-corrected chi connectivity index (χ4v) is 1.25. The number of esters is 2. The molecule has 0 aliphatic rings. The van der Waals surface area contributed by atoms with Gasteiger partial charge in [0.1, 0.15) is 6.10 Å². The van der Waals surface area contributed by atoms with Crippen LogP contribution in [0, 0.1) is 5.92 Å². The Morgan fingerprint density at radius 1 is 1.29 bits per heavy atom. The Kier molecular flexibility index (Phi) is 4.53. The van der Waals surface area contributed by atoms with Crippen LogP contribution in [-0.2, 0) is 19.1 Å². The van der Waals surface area contributed by atoms with Crippen LogP contribution in [0.2, 0.25) is 0 Å². The van der Waals surface area contributed by atoms with Gasteiger partial charge in [0.15, 0.2) is 5.92 Å². The molecule has 1 aromatic rings. The summed E-state index contributed by atoms with van der Waals surface area (Å²) in [6.45, 7) is 0. The van der Waals surface area contributed by atoms with Gasteiger partial charge in [0.05, 0.1) is 19.9 Å². The van der Waals surface area contributed by atoms with Crippen LogP contribution in [0.1, 0.15) is 11.8 Å². The van der Waals surface area contributed by atoms with Gasteiger partial charge < -0.3 is 14.6 Å². The van der Waals surface area contributed by atoms with Gasteiger partial charge in [-0.3, -0.25) is 9.59 Å². The highest BCUT2D eigenvalue weighted by molar-refractivity contribution is 5.95. The monoisotopic (exact) mass is 240 g/mol. The Bertz CT molecular complexity index is 379. The second kappa shape index (κ2) is 5.90. The zero-order chi connectivity index (χ0) is 12.8. The first-order valence-electron chi connectivity index (χ1n) is 4.73. The minimum atomic E-state index is -1.47. The summed E-state index contributed by atoms with van der Waals surface area (Å²) >= 11 is 0. The van der Waals surface area contributed by atoms with E-state index < -0.39 is 24.0 Å². The van der Waals surface area contributed by atoms with Crippen LogP contribution >= 0.6 is 0 Å². The average molecular weight is 240 g/mol. The molecule has 1 unspecified atom stereocenters. The van der Waals surface area contributed by atoms with E-state index in [1.807, 2.05) is 0 Å². The number of carbonyl (C=O) groups is 2. The predicted molar refractivity (Wildman–Crippen MR) is 54.5 cm³/mol. The van der Waals surface area contributed by atoms with Crippen LogP contribution in [0.25, 0.3) is 0 Å². The SMILES string of the molecule is COC(=O)C(C(=O)OC)C(O)c1cccnn1. The standard InChI is InChI=1S/C10H12N2O5/c1-16-9(14)7(10(15)17-2)8(13)6-4-3-5-11-12-6/h3-5,7-8,13H,1-2H3. The minimum absolute atomic E-state index is 0.0910. The van der Waals surface area contributed by atoms with E-state index in [2.05, 4.69) is 19.7 Å². The van der Waals surface area contributed by atoms with Crippen molar-refractivity contribution in [3.63, 3.8) is 0 Å². The number of ether oxygens (including phenoxy) is 2. The van der Waals surface area contributed by atoms with Crippen molar-refractivity contribution in [3.8, 4) is 0 Å². The molecule has 0 aliphatic carbocycles. The number of aromatic nitrogens is 2. The van der Waals surface area contributed by atoms with Gasteiger partial charge in [-0.05, 0) is 12.1 Å². The maximum Gasteiger partial charge on any atom is 0.323 e. The van der Waals surface area contributed by atoms with Crippen molar-refractivity contribution in [3.05, 3.63) is 24.0 Å². The Morgan fingerprint density at radius 2 is 1.88 bits per heavy atom. The zero-order valence-corrected chi connectivity index (χ0v) is 9.36. The lowest BCUT2D eigenvalue weighted by Crippen LogP contribution is -2.32. The van der Waals surface area contributed by atoms with Crippen LogP contribution in [-0.4, -0.2) is 41.5 Å². The van der Waals surface area contributed by atoms with Gasteiger partial charge in [-0.15, -0.1) is 0 Å². The van der Waals surface area contributed by atoms with Crippen molar-refractivity contribution >= 4 is 11.9 Å². The highest BCUT2D eigenvalue weighted by Crippen LogP contribution is 2.22. The Hall–Kier alpha value is -2.02. The number of aliphatic hydroxyl groups excluding tert-OH is 1. The maximum absolute atomic E-state index is 11.4. The maximum atomic E-state index is 11.4. The second-order valence-corrected chi connectivity index (χ2v) is 3.12. The number of nitrogens with zero attached hydrogens (tertiary/aromatic N) is 2. The number of rotatable bonds is 4. The van der Waals surface area contributed by atoms with Gasteiger partial charge in [-0.1, -0.05) is 0 Å². The molecule has 1 aromatic heterocycles. The van der Waals surface area contributed by atoms with E-state index in [0.717, 1.165) is 14.2 Å². The normalized spacial score (nSPS) is 12.0. The molecule has 0 aliphatic heterocycles. The molecule has 0 saturated carbocycles. The molecule has 7 heteroatoms. The van der Waals surface area contributed by atoms with E-state index in [1.165, 1.54) is 18.3 Å². The number of hydrogen-bond acceptors (Lipinski definition) is 7. The first-order valence-corrected chi connectivity index (χ1v) is 4.73. The molecule has 7 nitrogen and oxygen atoms in total. The molecule has 1 N–H and O–H groups in total. The van der Waals surface area contributed by atoms with E-state index in [9.17, 15) is 14.7 Å². The van der Waals surface area contributed by atoms with E-state index in [1.54, 1.807) is 0 Å². The summed E-state index contributed by atoms with van der Waals surface area (Å²) in [4.78, 5) is 22.8. The number of carbonyl (C=O) groups excluding carboxylic acids is 2. The molecule has 1 rings (SSSR count). The van der Waals surface area contributed by atoms with Gasteiger partial charge in [0, 0.05) is 6.20 Å². The van der Waals surface area contributed by atoms with Crippen molar-refractivity contribution in [2.45, 2.75) is 6.10 Å².